The Balaban J connectivity index is 2.54. The summed E-state index contributed by atoms with van der Waals surface area (Å²) in [5.41, 5.74) is 0.445. The molecule has 0 aromatic rings. The molecule has 0 N–H and O–H groups in total. The summed E-state index contributed by atoms with van der Waals surface area (Å²) in [6, 6.07) is 0. The first kappa shape index (κ1) is 11.0. The van der Waals surface area contributed by atoms with E-state index in [9.17, 15) is 9.18 Å². The molecule has 1 aliphatic heterocycles. The zero-order chi connectivity index (χ0) is 10.4. The Kier molecular flexibility index (Phi) is 4.43. The van der Waals surface area contributed by atoms with E-state index in [4.69, 9.17) is 4.74 Å². The summed E-state index contributed by atoms with van der Waals surface area (Å²) in [7, 11) is 0. The van der Waals surface area contributed by atoms with Gasteiger partial charge in [-0.1, -0.05) is 0 Å². The third kappa shape index (κ3) is 3.01. The van der Waals surface area contributed by atoms with Crippen molar-refractivity contribution < 1.29 is 13.9 Å². The van der Waals surface area contributed by atoms with Crippen LogP contribution >= 0.6 is 0 Å². The second-order valence-corrected chi connectivity index (χ2v) is 3.22. The number of nitrogens with zero attached hydrogens (tertiary/aromatic N) is 1. The Morgan fingerprint density at radius 2 is 2.14 bits per heavy atom. The summed E-state index contributed by atoms with van der Waals surface area (Å²) in [5.74, 6) is -0.452. The van der Waals surface area contributed by atoms with Crippen LogP contribution in [0.5, 0.6) is 0 Å². The van der Waals surface area contributed by atoms with Crippen LogP contribution in [-0.2, 0) is 9.53 Å². The van der Waals surface area contributed by atoms with Gasteiger partial charge in [0.15, 0.2) is 0 Å². The van der Waals surface area contributed by atoms with Crippen LogP contribution in [0.3, 0.4) is 0 Å². The molecule has 0 aromatic heterocycles. The number of carbonyl (C=O) groups is 1. The number of hydrogen-bond donors (Lipinski definition) is 0. The fourth-order valence-corrected chi connectivity index (χ4v) is 1.54. The Morgan fingerprint density at radius 3 is 2.64 bits per heavy atom. The quantitative estimate of drug-likeness (QED) is 0.510. The standard InChI is InChI=1S/C10H16FNO2/c1-2-14-10(13)7-9(8-11)12-5-3-4-6-12/h7H,2-6,8H2,1H3/b9-7+. The van der Waals surface area contributed by atoms with E-state index in [1.54, 1.807) is 6.92 Å². The van der Waals surface area contributed by atoms with Gasteiger partial charge in [0, 0.05) is 19.2 Å². The lowest BCUT2D eigenvalue weighted by Crippen LogP contribution is -2.21. The number of allylic oxidation sites excluding steroid dienone is 1. The first-order valence-corrected chi connectivity index (χ1v) is 4.96. The smallest absolute Gasteiger partial charge is 0.332 e. The summed E-state index contributed by atoms with van der Waals surface area (Å²) in [6.07, 6.45) is 3.40. The highest BCUT2D eigenvalue weighted by atomic mass is 19.1. The van der Waals surface area contributed by atoms with E-state index in [0.29, 0.717) is 12.3 Å². The molecule has 4 heteroatoms. The fraction of sp³-hybridized carbons (Fsp3) is 0.700. The van der Waals surface area contributed by atoms with Gasteiger partial charge in [0.05, 0.1) is 12.3 Å². The molecule has 1 saturated heterocycles. The second kappa shape index (κ2) is 5.62. The molecule has 1 rings (SSSR count). The monoisotopic (exact) mass is 201 g/mol. The number of esters is 1. The largest absolute Gasteiger partial charge is 0.463 e. The molecular formula is C10H16FNO2. The zero-order valence-electron chi connectivity index (χ0n) is 8.46. The highest BCUT2D eigenvalue weighted by Gasteiger charge is 2.15. The SMILES string of the molecule is CCOC(=O)/C=C(\CF)N1CCCC1. The van der Waals surface area contributed by atoms with Crippen LogP contribution < -0.4 is 0 Å². The molecule has 0 aliphatic carbocycles. The zero-order valence-corrected chi connectivity index (χ0v) is 8.46. The molecule has 0 bridgehead atoms. The van der Waals surface area contributed by atoms with Crippen molar-refractivity contribution in [3.63, 3.8) is 0 Å². The van der Waals surface area contributed by atoms with Gasteiger partial charge in [-0.3, -0.25) is 0 Å². The van der Waals surface area contributed by atoms with Crippen LogP contribution in [-0.4, -0.2) is 37.2 Å². The van der Waals surface area contributed by atoms with Crippen molar-refractivity contribution in [1.82, 2.24) is 4.90 Å². The van der Waals surface area contributed by atoms with E-state index in [-0.39, 0.29) is 0 Å². The average Bonchev–Trinajstić information content (AvgIpc) is 2.67. The lowest BCUT2D eigenvalue weighted by atomic mass is 10.4. The summed E-state index contributed by atoms with van der Waals surface area (Å²) in [5, 5.41) is 0. The van der Waals surface area contributed by atoms with Gasteiger partial charge < -0.3 is 9.64 Å². The maximum atomic E-state index is 12.6. The second-order valence-electron chi connectivity index (χ2n) is 3.22. The van der Waals surface area contributed by atoms with Crippen molar-refractivity contribution in [1.29, 1.82) is 0 Å². The molecular weight excluding hydrogens is 185 g/mol. The normalized spacial score (nSPS) is 17.3. The molecule has 1 aliphatic rings. The summed E-state index contributed by atoms with van der Waals surface area (Å²) in [6.45, 7) is 3.15. The molecule has 1 fully saturated rings. The number of alkyl halides is 1. The highest BCUT2D eigenvalue weighted by Crippen LogP contribution is 2.14. The Hall–Kier alpha value is -1.06. The average molecular weight is 201 g/mol. The number of rotatable bonds is 4. The predicted octanol–water partition coefficient (Wildman–Crippen LogP) is 1.50. The van der Waals surface area contributed by atoms with Crippen molar-refractivity contribution in [2.75, 3.05) is 26.4 Å². The molecule has 0 unspecified atom stereocenters. The van der Waals surface area contributed by atoms with Gasteiger partial charge in [0.1, 0.15) is 6.67 Å². The van der Waals surface area contributed by atoms with Crippen LogP contribution in [0, 0.1) is 0 Å². The van der Waals surface area contributed by atoms with Crippen molar-refractivity contribution in [3.05, 3.63) is 11.8 Å². The molecule has 3 nitrogen and oxygen atoms in total. The third-order valence-electron chi connectivity index (χ3n) is 2.22. The van der Waals surface area contributed by atoms with Crippen molar-refractivity contribution in [2.45, 2.75) is 19.8 Å². The minimum atomic E-state index is -0.598. The molecule has 0 spiro atoms. The number of halogens is 1. The number of carbonyl (C=O) groups excluding carboxylic acids is 1. The molecule has 0 atom stereocenters. The molecule has 1 heterocycles. The molecule has 0 saturated carbocycles. The molecule has 0 aromatic carbocycles. The van der Waals surface area contributed by atoms with E-state index < -0.39 is 12.6 Å². The van der Waals surface area contributed by atoms with E-state index in [0.717, 1.165) is 25.9 Å². The topological polar surface area (TPSA) is 29.5 Å². The van der Waals surface area contributed by atoms with Crippen LogP contribution in [0.1, 0.15) is 19.8 Å². The number of ether oxygens (including phenoxy) is 1. The van der Waals surface area contributed by atoms with Gasteiger partial charge in [0.2, 0.25) is 0 Å². The molecule has 80 valence electrons. The number of hydrogen-bond acceptors (Lipinski definition) is 3. The maximum absolute atomic E-state index is 12.6. The van der Waals surface area contributed by atoms with Gasteiger partial charge in [-0.25, -0.2) is 9.18 Å². The lowest BCUT2D eigenvalue weighted by molar-refractivity contribution is -0.137. The summed E-state index contributed by atoms with van der Waals surface area (Å²) < 4.78 is 17.3. The molecule has 14 heavy (non-hydrogen) atoms. The summed E-state index contributed by atoms with van der Waals surface area (Å²) in [4.78, 5) is 13.0. The fourth-order valence-electron chi connectivity index (χ4n) is 1.54. The molecule has 0 radical (unpaired) electrons. The Morgan fingerprint density at radius 1 is 1.50 bits per heavy atom. The van der Waals surface area contributed by atoms with E-state index in [2.05, 4.69) is 0 Å². The van der Waals surface area contributed by atoms with Gasteiger partial charge in [-0.15, -0.1) is 0 Å². The van der Waals surface area contributed by atoms with E-state index >= 15 is 0 Å². The van der Waals surface area contributed by atoms with Crippen LogP contribution in [0.25, 0.3) is 0 Å². The Labute approximate surface area is 83.5 Å². The van der Waals surface area contributed by atoms with Gasteiger partial charge in [-0.2, -0.15) is 0 Å². The van der Waals surface area contributed by atoms with Crippen LogP contribution in [0.15, 0.2) is 11.8 Å². The van der Waals surface area contributed by atoms with E-state index in [1.807, 2.05) is 4.90 Å². The minimum absolute atomic E-state index is 0.328. The van der Waals surface area contributed by atoms with Gasteiger partial charge in [0.25, 0.3) is 0 Å². The Bertz CT molecular complexity index is 222. The van der Waals surface area contributed by atoms with Crippen molar-refractivity contribution in [3.8, 4) is 0 Å². The third-order valence-corrected chi connectivity index (χ3v) is 2.22. The summed E-state index contributed by atoms with van der Waals surface area (Å²) >= 11 is 0. The highest BCUT2D eigenvalue weighted by molar-refractivity contribution is 5.82. The predicted molar refractivity (Wildman–Crippen MR) is 51.5 cm³/mol. The van der Waals surface area contributed by atoms with Crippen LogP contribution in [0.2, 0.25) is 0 Å². The number of likely N-dealkylation sites (tertiary alicyclic amines) is 1. The van der Waals surface area contributed by atoms with E-state index in [1.165, 1.54) is 6.08 Å². The van der Waals surface area contributed by atoms with Crippen molar-refractivity contribution in [2.24, 2.45) is 0 Å². The molecule has 0 amide bonds. The van der Waals surface area contributed by atoms with Crippen LogP contribution in [0.4, 0.5) is 4.39 Å². The van der Waals surface area contributed by atoms with Gasteiger partial charge in [-0.05, 0) is 19.8 Å². The maximum Gasteiger partial charge on any atom is 0.332 e. The first-order chi connectivity index (χ1) is 6.77. The van der Waals surface area contributed by atoms with Crippen molar-refractivity contribution >= 4 is 5.97 Å². The minimum Gasteiger partial charge on any atom is -0.463 e. The lowest BCUT2D eigenvalue weighted by Gasteiger charge is -2.18. The first-order valence-electron chi connectivity index (χ1n) is 4.96. The van der Waals surface area contributed by atoms with Gasteiger partial charge >= 0.3 is 5.97 Å².